The van der Waals surface area contributed by atoms with Crippen LogP contribution in [0.25, 0.3) is 11.8 Å². The van der Waals surface area contributed by atoms with Crippen molar-refractivity contribution in [2.24, 2.45) is 16.1 Å². The quantitative estimate of drug-likeness (QED) is 0.816. The van der Waals surface area contributed by atoms with Crippen LogP contribution >= 0.6 is 11.6 Å². The number of nitrogens with zero attached hydrogens (tertiary/aromatic N) is 4. The molecule has 5 rings (SSSR count). The van der Waals surface area contributed by atoms with Crippen molar-refractivity contribution in [3.8, 4) is 5.88 Å². The minimum atomic E-state index is 0.410. The molecule has 3 aliphatic rings. The fourth-order valence-electron chi connectivity index (χ4n) is 4.93. The van der Waals surface area contributed by atoms with E-state index in [9.17, 15) is 0 Å². The van der Waals surface area contributed by atoms with Gasteiger partial charge in [-0.25, -0.2) is 4.98 Å². The van der Waals surface area contributed by atoms with Crippen LogP contribution in [-0.4, -0.2) is 30.7 Å². The molecule has 4 heterocycles. The maximum atomic E-state index is 6.35. The Hall–Kier alpha value is -2.60. The summed E-state index contributed by atoms with van der Waals surface area (Å²) in [6.45, 7) is 1.40. The number of halogens is 1. The number of hydrogen-bond acceptors (Lipinski definition) is 5. The van der Waals surface area contributed by atoms with Gasteiger partial charge in [0, 0.05) is 47.8 Å². The average molecular weight is 424 g/mol. The zero-order valence-corrected chi connectivity index (χ0v) is 18.1. The molecule has 2 aromatic rings. The molecule has 1 saturated carbocycles. The van der Waals surface area contributed by atoms with Crippen LogP contribution in [0, 0.1) is 5.92 Å². The van der Waals surface area contributed by atoms with Gasteiger partial charge in [0.1, 0.15) is 0 Å². The lowest BCUT2D eigenvalue weighted by Crippen LogP contribution is -2.25. The summed E-state index contributed by atoms with van der Waals surface area (Å²) in [5, 5.41) is 12.1. The summed E-state index contributed by atoms with van der Waals surface area (Å²) in [6.07, 6.45) is 8.41. The van der Waals surface area contributed by atoms with Gasteiger partial charge in [-0.15, -0.1) is 0 Å². The predicted octanol–water partition coefficient (Wildman–Crippen LogP) is 3.82. The Balaban J connectivity index is 1.45. The zero-order valence-electron chi connectivity index (χ0n) is 17.4. The van der Waals surface area contributed by atoms with Crippen molar-refractivity contribution in [1.29, 1.82) is 0 Å². The highest BCUT2D eigenvalue weighted by Gasteiger charge is 2.29. The number of H-pyrrole nitrogens is 1. The number of anilines is 1. The number of ether oxygens (including phenoxy) is 1. The Bertz CT molecular complexity index is 1140. The van der Waals surface area contributed by atoms with E-state index in [-0.39, 0.29) is 0 Å². The molecule has 0 radical (unpaired) electrons. The van der Waals surface area contributed by atoms with Crippen molar-refractivity contribution in [2.75, 3.05) is 25.6 Å². The molecule has 2 aliphatic heterocycles. The van der Waals surface area contributed by atoms with Gasteiger partial charge in [0.25, 0.3) is 0 Å². The zero-order chi connectivity index (χ0) is 20.7. The molecule has 0 bridgehead atoms. The van der Waals surface area contributed by atoms with Crippen LogP contribution in [0.1, 0.15) is 42.9 Å². The number of fused-ring (bicyclic) bond motifs is 3. The first-order valence-electron chi connectivity index (χ1n) is 10.6. The van der Waals surface area contributed by atoms with Crippen LogP contribution in [0.4, 0.5) is 5.69 Å². The van der Waals surface area contributed by atoms with E-state index >= 15 is 0 Å². The third-order valence-corrected chi connectivity index (χ3v) is 6.74. The highest BCUT2D eigenvalue weighted by atomic mass is 35.5. The fraction of sp³-hybridized carbons (Fsp3) is 0.435. The Labute approximate surface area is 181 Å². The molecule has 1 fully saturated rings. The smallest absolute Gasteiger partial charge is 0.213 e. The number of aromatic amines is 1. The Morgan fingerprint density at radius 1 is 1.17 bits per heavy atom. The van der Waals surface area contributed by atoms with Gasteiger partial charge in [-0.05, 0) is 43.9 Å². The summed E-state index contributed by atoms with van der Waals surface area (Å²) in [5.41, 5.74) is 4.67. The number of nitrogens with one attached hydrogen (secondary N) is 1. The molecule has 0 unspecified atom stereocenters. The van der Waals surface area contributed by atoms with Gasteiger partial charge in [-0.1, -0.05) is 17.7 Å². The normalized spacial score (nSPS) is 23.2. The largest absolute Gasteiger partial charge is 0.481 e. The van der Waals surface area contributed by atoms with Gasteiger partial charge in [0.2, 0.25) is 5.88 Å². The number of pyridine rings is 1. The Morgan fingerprint density at radius 2 is 1.97 bits per heavy atom. The maximum absolute atomic E-state index is 6.35. The average Bonchev–Trinajstić information content (AvgIpc) is 3.08. The first-order chi connectivity index (χ1) is 14.6. The van der Waals surface area contributed by atoms with Crippen LogP contribution in [0.5, 0.6) is 5.88 Å². The molecular formula is C23H26ClN5O. The molecule has 6 nitrogen and oxygen atoms in total. The number of likely N-dealkylation sites (N-methyl/N-ethyl adjacent to an activating group) is 1. The highest BCUT2D eigenvalue weighted by molar-refractivity contribution is 6.34. The first-order valence-corrected chi connectivity index (χ1v) is 10.9. The molecule has 30 heavy (non-hydrogen) atoms. The number of methoxy groups -OCH3 is 1. The van der Waals surface area contributed by atoms with Crippen LogP contribution in [-0.2, 0) is 6.54 Å². The van der Waals surface area contributed by atoms with E-state index in [0.717, 1.165) is 59.3 Å². The van der Waals surface area contributed by atoms with Gasteiger partial charge in [-0.2, -0.15) is 10.2 Å². The molecule has 0 saturated heterocycles. The van der Waals surface area contributed by atoms with Gasteiger partial charge >= 0.3 is 0 Å². The van der Waals surface area contributed by atoms with E-state index in [1.54, 1.807) is 7.11 Å². The van der Waals surface area contributed by atoms with Crippen molar-refractivity contribution < 1.29 is 4.74 Å². The first kappa shape index (κ1) is 19.4. The molecule has 0 spiro atoms. The predicted molar refractivity (Wildman–Crippen MR) is 119 cm³/mol. The second-order valence-electron chi connectivity index (χ2n) is 8.29. The minimum Gasteiger partial charge on any atom is -0.481 e. The molecule has 0 atom stereocenters. The lowest BCUT2D eigenvalue weighted by molar-refractivity contribution is 0.363. The highest BCUT2D eigenvalue weighted by Crippen LogP contribution is 2.39. The number of aromatic nitrogens is 2. The lowest BCUT2D eigenvalue weighted by atomic mass is 9.78. The van der Waals surface area contributed by atoms with E-state index < -0.39 is 0 Å². The van der Waals surface area contributed by atoms with Crippen LogP contribution in [0.15, 0.2) is 39.5 Å². The number of azo groups is 1. The summed E-state index contributed by atoms with van der Waals surface area (Å²) >= 11 is 6.35. The number of rotatable bonds is 3. The summed E-state index contributed by atoms with van der Waals surface area (Å²) in [5.74, 6) is 1.57. The van der Waals surface area contributed by atoms with Gasteiger partial charge in [0.15, 0.2) is 0 Å². The molecular weight excluding hydrogens is 398 g/mol. The van der Waals surface area contributed by atoms with Crippen LogP contribution < -0.4 is 20.3 Å². The van der Waals surface area contributed by atoms with Crippen molar-refractivity contribution in [3.63, 3.8) is 0 Å². The van der Waals surface area contributed by atoms with Crippen molar-refractivity contribution in [2.45, 2.75) is 38.1 Å². The summed E-state index contributed by atoms with van der Waals surface area (Å²) < 4.78 is 5.30. The Morgan fingerprint density at radius 3 is 2.77 bits per heavy atom. The summed E-state index contributed by atoms with van der Waals surface area (Å²) in [7, 11) is 3.77. The topological polar surface area (TPSA) is 65.9 Å². The van der Waals surface area contributed by atoms with E-state index in [0.29, 0.717) is 24.3 Å². The van der Waals surface area contributed by atoms with Crippen LogP contribution in [0.2, 0.25) is 0 Å². The SMILES string of the molecule is COc1cccc(C2CCC(C3=c4[nH]c5c(c4CN=N3)N(C)CC=C(Cl)C=5)CC2)n1. The van der Waals surface area contributed by atoms with Gasteiger partial charge in [0.05, 0.1) is 35.7 Å². The standard InChI is InChI=1S/C23H26ClN5O/c1-29-11-10-16(24)12-19-23(29)17-13-25-28-21(22(17)27-19)15-8-6-14(7-9-15)18-4-3-5-20(26-18)30-2/h3-5,10,12,14-15,27H,6-9,11,13H2,1-2H3. The maximum Gasteiger partial charge on any atom is 0.213 e. The molecule has 7 heteroatoms. The van der Waals surface area contributed by atoms with E-state index in [1.165, 1.54) is 11.3 Å². The third-order valence-electron chi connectivity index (χ3n) is 6.48. The van der Waals surface area contributed by atoms with Gasteiger partial charge in [-0.3, -0.25) is 0 Å². The molecule has 1 aliphatic carbocycles. The minimum absolute atomic E-state index is 0.410. The van der Waals surface area contributed by atoms with Crippen molar-refractivity contribution in [1.82, 2.24) is 9.97 Å². The Kier molecular flexibility index (Phi) is 5.11. The molecule has 0 amide bonds. The van der Waals surface area contributed by atoms with Crippen LogP contribution in [0.3, 0.4) is 0 Å². The molecule has 0 aromatic carbocycles. The van der Waals surface area contributed by atoms with E-state index in [2.05, 4.69) is 38.2 Å². The summed E-state index contributed by atoms with van der Waals surface area (Å²) in [6, 6.07) is 6.05. The molecule has 2 aromatic heterocycles. The third kappa shape index (κ3) is 3.43. The van der Waals surface area contributed by atoms with E-state index in [4.69, 9.17) is 16.3 Å². The molecule has 1 N–H and O–H groups in total. The fourth-order valence-corrected chi connectivity index (χ4v) is 5.11. The second kappa shape index (κ2) is 7.91. The second-order valence-corrected chi connectivity index (χ2v) is 8.73. The lowest BCUT2D eigenvalue weighted by Gasteiger charge is -2.28. The van der Waals surface area contributed by atoms with Crippen molar-refractivity contribution in [3.05, 3.63) is 51.3 Å². The summed E-state index contributed by atoms with van der Waals surface area (Å²) in [4.78, 5) is 10.5. The number of hydrogen-bond donors (Lipinski definition) is 1. The number of allylic oxidation sites excluding steroid dienone is 1. The van der Waals surface area contributed by atoms with E-state index in [1.807, 2.05) is 24.3 Å². The monoisotopic (exact) mass is 423 g/mol. The van der Waals surface area contributed by atoms with Crippen molar-refractivity contribution >= 4 is 29.1 Å². The van der Waals surface area contributed by atoms with Gasteiger partial charge < -0.3 is 14.6 Å². The molecule has 156 valence electrons.